The molecule has 0 aromatic carbocycles. The van der Waals surface area contributed by atoms with E-state index in [9.17, 15) is 10.2 Å². The third-order valence-corrected chi connectivity index (χ3v) is 2.37. The predicted octanol–water partition coefficient (Wildman–Crippen LogP) is 1.03. The highest BCUT2D eigenvalue weighted by atomic mass is 16.6. The van der Waals surface area contributed by atoms with Crippen molar-refractivity contribution in [2.45, 2.75) is 57.5 Å². The highest BCUT2D eigenvalue weighted by molar-refractivity contribution is 4.82. The summed E-state index contributed by atoms with van der Waals surface area (Å²) in [6, 6.07) is 0. The number of rotatable bonds is 3. The quantitative estimate of drug-likeness (QED) is 0.628. The van der Waals surface area contributed by atoms with Crippen LogP contribution in [0.3, 0.4) is 0 Å². The van der Waals surface area contributed by atoms with Gasteiger partial charge in [0, 0.05) is 6.42 Å². The molecule has 1 rings (SSSR count). The van der Waals surface area contributed by atoms with E-state index in [4.69, 9.17) is 4.74 Å². The Bertz CT molecular complexity index is 145. The number of aliphatic hydroxyl groups is 2. The fourth-order valence-corrected chi connectivity index (χ4v) is 1.67. The molecule has 2 atom stereocenters. The van der Waals surface area contributed by atoms with E-state index in [1.165, 1.54) is 0 Å². The summed E-state index contributed by atoms with van der Waals surface area (Å²) in [4.78, 5) is 0. The van der Waals surface area contributed by atoms with Gasteiger partial charge in [-0.2, -0.15) is 0 Å². The lowest BCUT2D eigenvalue weighted by atomic mass is 10.0. The third-order valence-electron chi connectivity index (χ3n) is 2.37. The summed E-state index contributed by atoms with van der Waals surface area (Å²) in [5.74, 6) is -1.61. The molecule has 0 bridgehead atoms. The summed E-state index contributed by atoms with van der Waals surface area (Å²) in [5, 5.41) is 19.1. The van der Waals surface area contributed by atoms with Crippen LogP contribution in [0.1, 0.15) is 39.5 Å². The zero-order valence-corrected chi connectivity index (χ0v) is 7.79. The van der Waals surface area contributed by atoms with Crippen molar-refractivity contribution >= 4 is 0 Å². The fraction of sp³-hybridized carbons (Fsp3) is 1.00. The maximum atomic E-state index is 9.56. The molecule has 0 amide bonds. The summed E-state index contributed by atoms with van der Waals surface area (Å²) in [6.07, 6.45) is 2.63. The van der Waals surface area contributed by atoms with Gasteiger partial charge in [-0.3, -0.25) is 0 Å². The Kier molecular flexibility index (Phi) is 3.09. The molecule has 1 fully saturated rings. The van der Waals surface area contributed by atoms with Crippen molar-refractivity contribution in [3.05, 3.63) is 0 Å². The lowest BCUT2D eigenvalue weighted by Gasteiger charge is -2.27. The van der Waals surface area contributed by atoms with Crippen molar-refractivity contribution in [3.8, 4) is 0 Å². The maximum absolute atomic E-state index is 9.56. The topological polar surface area (TPSA) is 49.7 Å². The van der Waals surface area contributed by atoms with Gasteiger partial charge in [-0.25, -0.2) is 0 Å². The van der Waals surface area contributed by atoms with Crippen LogP contribution in [0.4, 0.5) is 0 Å². The van der Waals surface area contributed by atoms with Crippen molar-refractivity contribution in [2.24, 2.45) is 0 Å². The van der Waals surface area contributed by atoms with Crippen molar-refractivity contribution in [2.75, 3.05) is 0 Å². The van der Waals surface area contributed by atoms with Crippen LogP contribution in [0.5, 0.6) is 0 Å². The molecule has 0 radical (unpaired) electrons. The normalized spacial score (nSPS) is 31.0. The number of ether oxygens (including phenoxy) is 1. The van der Waals surface area contributed by atoms with Crippen LogP contribution < -0.4 is 0 Å². The first-order valence-corrected chi connectivity index (χ1v) is 4.66. The molecule has 0 aliphatic carbocycles. The molecular formula is C9H18O3. The van der Waals surface area contributed by atoms with Crippen LogP contribution in [0.2, 0.25) is 0 Å². The molecule has 2 N–H and O–H groups in total. The molecule has 1 aliphatic heterocycles. The second-order valence-corrected chi connectivity index (χ2v) is 3.64. The minimum Gasteiger partial charge on any atom is -0.370 e. The van der Waals surface area contributed by atoms with E-state index >= 15 is 0 Å². The zero-order chi connectivity index (χ0) is 9.19. The molecule has 0 saturated carbocycles. The Hall–Kier alpha value is -0.120. The van der Waals surface area contributed by atoms with Gasteiger partial charge in [0.15, 0.2) is 5.79 Å². The van der Waals surface area contributed by atoms with Gasteiger partial charge in [0.2, 0.25) is 0 Å². The number of hydrogen-bond donors (Lipinski definition) is 2. The second-order valence-electron chi connectivity index (χ2n) is 3.64. The van der Waals surface area contributed by atoms with Gasteiger partial charge in [-0.05, 0) is 19.8 Å². The van der Waals surface area contributed by atoms with Gasteiger partial charge < -0.3 is 14.9 Å². The first kappa shape index (κ1) is 9.96. The van der Waals surface area contributed by atoms with E-state index in [1.807, 2.05) is 13.8 Å². The Balaban J connectivity index is 2.45. The van der Waals surface area contributed by atoms with Crippen molar-refractivity contribution in [1.29, 1.82) is 0 Å². The van der Waals surface area contributed by atoms with Crippen LogP contribution in [0.25, 0.3) is 0 Å². The molecule has 0 aromatic heterocycles. The molecule has 1 aliphatic rings. The Morgan fingerprint density at radius 3 is 2.50 bits per heavy atom. The third kappa shape index (κ3) is 2.19. The Morgan fingerprint density at radius 2 is 2.08 bits per heavy atom. The Labute approximate surface area is 73.4 Å². The van der Waals surface area contributed by atoms with Gasteiger partial charge in [0.25, 0.3) is 0 Å². The smallest absolute Gasteiger partial charge is 0.189 e. The van der Waals surface area contributed by atoms with Gasteiger partial charge >= 0.3 is 0 Å². The zero-order valence-electron chi connectivity index (χ0n) is 7.79. The molecule has 12 heavy (non-hydrogen) atoms. The molecule has 3 heteroatoms. The molecule has 3 nitrogen and oxygen atoms in total. The molecule has 0 spiro atoms. The van der Waals surface area contributed by atoms with Crippen molar-refractivity contribution in [3.63, 3.8) is 0 Å². The maximum Gasteiger partial charge on any atom is 0.189 e. The van der Waals surface area contributed by atoms with Crippen LogP contribution >= 0.6 is 0 Å². The van der Waals surface area contributed by atoms with Gasteiger partial charge in [-0.1, -0.05) is 13.3 Å². The fourth-order valence-electron chi connectivity index (χ4n) is 1.67. The summed E-state index contributed by atoms with van der Waals surface area (Å²) in [6.45, 7) is 3.89. The van der Waals surface area contributed by atoms with Gasteiger partial charge in [-0.15, -0.1) is 0 Å². The summed E-state index contributed by atoms with van der Waals surface area (Å²) >= 11 is 0. The van der Waals surface area contributed by atoms with Crippen LogP contribution in [-0.2, 0) is 4.74 Å². The predicted molar refractivity (Wildman–Crippen MR) is 45.6 cm³/mol. The molecule has 0 aromatic rings. The lowest BCUT2D eigenvalue weighted by Crippen LogP contribution is -2.41. The lowest BCUT2D eigenvalue weighted by molar-refractivity contribution is -0.236. The molecule has 72 valence electrons. The average molecular weight is 174 g/mol. The van der Waals surface area contributed by atoms with E-state index in [1.54, 1.807) is 0 Å². The Morgan fingerprint density at radius 1 is 1.42 bits per heavy atom. The molecule has 2 unspecified atom stereocenters. The largest absolute Gasteiger partial charge is 0.370 e. The van der Waals surface area contributed by atoms with Crippen molar-refractivity contribution in [1.82, 2.24) is 0 Å². The highest BCUT2D eigenvalue weighted by Gasteiger charge is 2.38. The van der Waals surface area contributed by atoms with Crippen LogP contribution in [-0.4, -0.2) is 28.2 Å². The SMILES string of the molecule is CCCC(O)(O)C1CCC(C)O1. The van der Waals surface area contributed by atoms with E-state index in [-0.39, 0.29) is 12.2 Å². The van der Waals surface area contributed by atoms with Crippen LogP contribution in [0.15, 0.2) is 0 Å². The summed E-state index contributed by atoms with van der Waals surface area (Å²) < 4.78 is 5.38. The summed E-state index contributed by atoms with van der Waals surface area (Å²) in [5.41, 5.74) is 0. The van der Waals surface area contributed by atoms with Gasteiger partial charge in [0.05, 0.1) is 6.10 Å². The summed E-state index contributed by atoms with van der Waals surface area (Å²) in [7, 11) is 0. The first-order valence-electron chi connectivity index (χ1n) is 4.66. The van der Waals surface area contributed by atoms with Gasteiger partial charge in [0.1, 0.15) is 6.10 Å². The van der Waals surface area contributed by atoms with E-state index in [2.05, 4.69) is 0 Å². The van der Waals surface area contributed by atoms with Crippen LogP contribution in [0, 0.1) is 0 Å². The average Bonchev–Trinajstić information content (AvgIpc) is 2.36. The van der Waals surface area contributed by atoms with E-state index < -0.39 is 5.79 Å². The minimum atomic E-state index is -1.61. The monoisotopic (exact) mass is 174 g/mol. The number of hydrogen-bond acceptors (Lipinski definition) is 3. The minimum absolute atomic E-state index is 0.172. The highest BCUT2D eigenvalue weighted by Crippen LogP contribution is 2.29. The molecule has 1 saturated heterocycles. The first-order chi connectivity index (χ1) is 5.56. The van der Waals surface area contributed by atoms with E-state index in [0.29, 0.717) is 6.42 Å². The standard InChI is InChI=1S/C9H18O3/c1-3-6-9(10,11)8-5-4-7(2)12-8/h7-8,10-11H,3-6H2,1-2H3. The second kappa shape index (κ2) is 3.73. The molecular weight excluding hydrogens is 156 g/mol. The van der Waals surface area contributed by atoms with E-state index in [0.717, 1.165) is 19.3 Å². The molecule has 1 heterocycles. The van der Waals surface area contributed by atoms with Crippen molar-refractivity contribution < 1.29 is 14.9 Å².